The van der Waals surface area contributed by atoms with E-state index in [1.54, 1.807) is 0 Å². The molecule has 0 bridgehead atoms. The molecule has 0 heterocycles. The number of hydrogen-bond acceptors (Lipinski definition) is 0. The minimum Gasteiger partial charge on any atom is -0.412 e. The van der Waals surface area contributed by atoms with Crippen LogP contribution in [0.4, 0.5) is 0 Å². The molecule has 0 aliphatic carbocycles. The van der Waals surface area contributed by atoms with Crippen LogP contribution in [0.3, 0.4) is 0 Å². The monoisotopic (exact) mass is 443 g/mol. The zero-order chi connectivity index (χ0) is 0. The van der Waals surface area contributed by atoms with Crippen LogP contribution < -0.4 is 0 Å². The normalized spacial score (nSPS) is 0. The third kappa shape index (κ3) is 17.7. The summed E-state index contributed by atoms with van der Waals surface area (Å²) in [6.45, 7) is 0. The predicted octanol–water partition coefficient (Wildman–Crippen LogP) is -1.21. The summed E-state index contributed by atoms with van der Waals surface area (Å²) in [6, 6.07) is 0. The third-order valence-corrected chi connectivity index (χ3v) is 0. The molecule has 0 saturated heterocycles. The smallest absolute Gasteiger partial charge is 0 e. The molecular formula is H2BaCeNiOY. The summed E-state index contributed by atoms with van der Waals surface area (Å²) in [4.78, 5) is 0. The van der Waals surface area contributed by atoms with Crippen LogP contribution in [0.2, 0.25) is 0 Å². The molecule has 0 spiro atoms. The van der Waals surface area contributed by atoms with E-state index in [4.69, 9.17) is 0 Å². The summed E-state index contributed by atoms with van der Waals surface area (Å²) in [5, 5.41) is 0. The van der Waals surface area contributed by atoms with Crippen molar-refractivity contribution < 1.29 is 96.4 Å². The molecular weight excluding hydrogens is 441 g/mol. The molecule has 27 valence electrons. The molecule has 0 aromatic heterocycles. The maximum atomic E-state index is 0. The van der Waals surface area contributed by atoms with Gasteiger partial charge in [-0.25, -0.2) is 0 Å². The van der Waals surface area contributed by atoms with E-state index < -0.39 is 0 Å². The van der Waals surface area contributed by atoms with E-state index in [0.717, 1.165) is 0 Å². The molecule has 0 aliphatic heterocycles. The van der Waals surface area contributed by atoms with Crippen LogP contribution in [-0.2, 0) is 49.2 Å². The largest absolute Gasteiger partial charge is 0.412 e. The summed E-state index contributed by atoms with van der Waals surface area (Å²) >= 11 is 0. The van der Waals surface area contributed by atoms with Crippen LogP contribution in [0.5, 0.6) is 0 Å². The summed E-state index contributed by atoms with van der Waals surface area (Å²) in [6.07, 6.45) is 0. The van der Waals surface area contributed by atoms with Crippen molar-refractivity contribution >= 4 is 48.9 Å². The first-order valence-electron chi connectivity index (χ1n) is 0. The molecule has 2 N–H and O–H groups in total. The minimum absolute atomic E-state index is 0. The van der Waals surface area contributed by atoms with Crippen molar-refractivity contribution in [3.8, 4) is 0 Å². The fraction of sp³-hybridized carbons (Fsp3) is 0. The van der Waals surface area contributed by atoms with E-state index in [-0.39, 0.29) is 145 Å². The Morgan fingerprint density at radius 1 is 1.00 bits per heavy atom. The van der Waals surface area contributed by atoms with Gasteiger partial charge in [0.05, 0.1) is 0 Å². The van der Waals surface area contributed by atoms with Crippen molar-refractivity contribution in [2.45, 2.75) is 0 Å². The molecule has 3 radical (unpaired) electrons. The maximum Gasteiger partial charge on any atom is 0 e. The molecule has 0 aromatic carbocycles. The fourth-order valence-corrected chi connectivity index (χ4v) is 0. The molecule has 0 aliphatic rings. The van der Waals surface area contributed by atoms with Crippen molar-refractivity contribution in [2.75, 3.05) is 0 Å². The van der Waals surface area contributed by atoms with Gasteiger partial charge in [0.25, 0.3) is 0 Å². The molecule has 5 heteroatoms. The molecule has 0 rings (SSSR count). The Bertz CT molecular complexity index is 11.6. The van der Waals surface area contributed by atoms with Crippen LogP contribution in [0, 0.1) is 41.7 Å². The molecule has 5 heavy (non-hydrogen) atoms. The van der Waals surface area contributed by atoms with Gasteiger partial charge in [0.1, 0.15) is 0 Å². The van der Waals surface area contributed by atoms with Crippen LogP contribution in [0.25, 0.3) is 0 Å². The average molecular weight is 443 g/mol. The van der Waals surface area contributed by atoms with Gasteiger partial charge in [-0.1, -0.05) is 0 Å². The topological polar surface area (TPSA) is 31.5 Å². The van der Waals surface area contributed by atoms with Gasteiger partial charge in [0, 0.05) is 140 Å². The van der Waals surface area contributed by atoms with Crippen molar-refractivity contribution in [1.82, 2.24) is 0 Å². The molecule has 0 fully saturated rings. The third-order valence-electron chi connectivity index (χ3n) is 0. The van der Waals surface area contributed by atoms with Gasteiger partial charge in [-0.2, -0.15) is 0 Å². The van der Waals surface area contributed by atoms with E-state index >= 15 is 0 Å². The van der Waals surface area contributed by atoms with E-state index in [9.17, 15) is 0 Å². The molecule has 1 nitrogen and oxygen atoms in total. The molecule has 0 atom stereocenters. The zero-order valence-corrected chi connectivity index (χ0v) is 14.0. The van der Waals surface area contributed by atoms with Crippen LogP contribution >= 0.6 is 0 Å². The Hall–Kier alpha value is 4.51. The second-order valence-electron chi connectivity index (χ2n) is 0. The fourth-order valence-electron chi connectivity index (χ4n) is 0. The van der Waals surface area contributed by atoms with E-state index in [1.165, 1.54) is 0 Å². The summed E-state index contributed by atoms with van der Waals surface area (Å²) in [5.74, 6) is 0. The van der Waals surface area contributed by atoms with Crippen molar-refractivity contribution in [2.24, 2.45) is 0 Å². The first-order chi connectivity index (χ1) is 0. The Morgan fingerprint density at radius 3 is 1.00 bits per heavy atom. The Kier molecular flexibility index (Phi) is 160. The Balaban J connectivity index is 0. The molecule has 0 saturated carbocycles. The standard InChI is InChI=1S/Ba.Ce.Ni.H2O.Y/h;;;1H2;. The van der Waals surface area contributed by atoms with Gasteiger partial charge < -0.3 is 5.48 Å². The Morgan fingerprint density at radius 2 is 1.00 bits per heavy atom. The summed E-state index contributed by atoms with van der Waals surface area (Å²) < 4.78 is 0. The second-order valence-corrected chi connectivity index (χ2v) is 0. The van der Waals surface area contributed by atoms with Gasteiger partial charge >= 0.3 is 0 Å². The second kappa shape index (κ2) is 23.6. The van der Waals surface area contributed by atoms with Crippen LogP contribution in [0.15, 0.2) is 0 Å². The molecule has 0 aromatic rings. The van der Waals surface area contributed by atoms with Crippen molar-refractivity contribution in [1.29, 1.82) is 0 Å². The predicted molar refractivity (Wildman–Crippen MR) is 9.37 cm³/mol. The Labute approximate surface area is 141 Å². The minimum atomic E-state index is 0. The van der Waals surface area contributed by atoms with Gasteiger partial charge in [-0.3, -0.25) is 0 Å². The van der Waals surface area contributed by atoms with Crippen LogP contribution in [-0.4, -0.2) is 54.4 Å². The molecule has 0 unspecified atom stereocenters. The van der Waals surface area contributed by atoms with Crippen molar-refractivity contribution in [3.63, 3.8) is 0 Å². The van der Waals surface area contributed by atoms with E-state index in [1.807, 2.05) is 0 Å². The average Bonchev–Trinajstić information content (AvgIpc) is 0. The van der Waals surface area contributed by atoms with Gasteiger partial charge in [0.15, 0.2) is 0 Å². The van der Waals surface area contributed by atoms with Gasteiger partial charge in [0.2, 0.25) is 0 Å². The molecule has 0 amide bonds. The summed E-state index contributed by atoms with van der Waals surface area (Å²) in [5.41, 5.74) is 0. The first kappa shape index (κ1) is 33.9. The van der Waals surface area contributed by atoms with Crippen molar-refractivity contribution in [3.05, 3.63) is 0 Å². The zero-order valence-electron chi connectivity index (χ0n) is 2.60. The van der Waals surface area contributed by atoms with Gasteiger partial charge in [-0.15, -0.1) is 0 Å². The van der Waals surface area contributed by atoms with Crippen LogP contribution in [0.1, 0.15) is 0 Å². The SMILES string of the molecule is O.[Ba].[Ce].[Ni].[Y]. The number of rotatable bonds is 0. The van der Waals surface area contributed by atoms with E-state index in [0.29, 0.717) is 0 Å². The summed E-state index contributed by atoms with van der Waals surface area (Å²) in [7, 11) is 0. The quantitative estimate of drug-likeness (QED) is 0.422. The van der Waals surface area contributed by atoms with Gasteiger partial charge in [-0.05, 0) is 0 Å². The number of hydrogen-bond donors (Lipinski definition) is 0. The first-order valence-corrected chi connectivity index (χ1v) is 0. The van der Waals surface area contributed by atoms with E-state index in [2.05, 4.69) is 0 Å². The maximum absolute atomic E-state index is 0.